The molecule has 16 atom stereocenters. The molecule has 138 heavy (non-hydrogen) atoms. The molecule has 0 aromatic carbocycles. The smallest absolute Gasteiger partial charge is 0.408 e. The molecule has 0 aliphatic rings. The van der Waals surface area contributed by atoms with Crippen molar-refractivity contribution < 1.29 is 91.0 Å². The highest BCUT2D eigenvalue weighted by Crippen LogP contribution is 2.21. The van der Waals surface area contributed by atoms with Crippen molar-refractivity contribution in [2.75, 3.05) is 14.2 Å². The standard InChI is InChI=1S/C103H190N16O19/c1-22-38-54-70(105-88(122)72(56-40-24-3)107-90(124)74(58-42-26-5)109-92(126)76(60-44-28-7)111-94(128)78(62-46-30-9)114-98(132)82(66-50-34-13)118-102(136)138-103(17,18)19)86(120)104-71(55-39-23-2)87(121)106-73(57-41-25-4)89(123)108-75(59-43-27-6)91(125)110-77(61-45-29-8)93(127)112-79(63-47-31-10)96(130)116-83(67-51-35-14)100(134)119(20)85(69-53-37-16)99(133)115-81(65-49-33-12)95(129)113-80(64-48-32-11)97(131)117-84(68-52-36-15)101(135)137-21/h70-85H,22-69H2,1-21H3,(H,104,120)(H,105,122)(H,106,121)(H,107,124)(H,108,123)(H,109,126)(H,110,125)(H,111,128)(H,112,127)(H,113,129)(H,114,132)(H,115,133)(H,116,130)(H,117,131)(H,118,136)/t70-,71+,72+,73-,74-,75+,76+,77-,78-,79+,80+,81-,82+,83-,84-,85+/m0/s1. The number of hydrogen-bond acceptors (Lipinski definition) is 19. The maximum Gasteiger partial charge on any atom is 0.408 e. The van der Waals surface area contributed by atoms with Gasteiger partial charge in [0, 0.05) is 7.05 Å². The third-order valence-corrected chi connectivity index (χ3v) is 24.7. The first-order valence-electron chi connectivity index (χ1n) is 53.5. The summed E-state index contributed by atoms with van der Waals surface area (Å²) >= 11 is 0. The van der Waals surface area contributed by atoms with Crippen LogP contribution in [0.2, 0.25) is 0 Å². The Morgan fingerprint density at radius 1 is 0.203 bits per heavy atom. The van der Waals surface area contributed by atoms with Crippen molar-refractivity contribution in [3.8, 4) is 0 Å². The molecule has 0 radical (unpaired) electrons. The average molecular weight is 1960 g/mol. The lowest BCUT2D eigenvalue weighted by molar-refractivity contribution is -0.145. The van der Waals surface area contributed by atoms with Gasteiger partial charge in [-0.2, -0.15) is 0 Å². The zero-order chi connectivity index (χ0) is 104. The second-order valence-corrected chi connectivity index (χ2v) is 38.3. The third kappa shape index (κ3) is 53.4. The largest absolute Gasteiger partial charge is 0.467 e. The Balaban J connectivity index is 7.33. The molecule has 0 aliphatic carbocycles. The molecular formula is C103H190N16O19. The maximum absolute atomic E-state index is 15.0. The van der Waals surface area contributed by atoms with Crippen LogP contribution in [0.15, 0.2) is 0 Å². The van der Waals surface area contributed by atoms with Gasteiger partial charge in [-0.05, 0) is 124 Å². The summed E-state index contributed by atoms with van der Waals surface area (Å²) in [6.07, 6.45) is 20.9. The highest BCUT2D eigenvalue weighted by Gasteiger charge is 2.41. The molecule has 0 unspecified atom stereocenters. The Hall–Kier alpha value is -9.21. The van der Waals surface area contributed by atoms with Crippen molar-refractivity contribution in [1.29, 1.82) is 0 Å². The van der Waals surface area contributed by atoms with E-state index in [0.29, 0.717) is 199 Å². The molecule has 35 heteroatoms. The van der Waals surface area contributed by atoms with E-state index in [1.807, 2.05) is 111 Å². The summed E-state index contributed by atoms with van der Waals surface area (Å²) in [6.45, 7) is 36.0. The Morgan fingerprint density at radius 2 is 0.341 bits per heavy atom. The van der Waals surface area contributed by atoms with Gasteiger partial charge in [-0.3, -0.25) is 71.9 Å². The lowest BCUT2D eigenvalue weighted by Crippen LogP contribution is -2.61. The number of rotatable bonds is 80. The zero-order valence-corrected chi connectivity index (χ0v) is 88.9. The van der Waals surface area contributed by atoms with E-state index in [1.54, 1.807) is 20.8 Å². The van der Waals surface area contributed by atoms with Gasteiger partial charge in [-0.1, -0.05) is 316 Å². The van der Waals surface area contributed by atoms with E-state index in [9.17, 15) is 76.7 Å². The fourth-order valence-electron chi connectivity index (χ4n) is 15.8. The van der Waals surface area contributed by atoms with Crippen LogP contribution in [0, 0.1) is 0 Å². The van der Waals surface area contributed by atoms with Crippen LogP contribution in [0.3, 0.4) is 0 Å². The van der Waals surface area contributed by atoms with E-state index in [-0.39, 0.29) is 96.3 Å². The van der Waals surface area contributed by atoms with Crippen LogP contribution in [-0.2, 0) is 86.2 Å². The second-order valence-electron chi connectivity index (χ2n) is 38.3. The van der Waals surface area contributed by atoms with Crippen LogP contribution >= 0.6 is 0 Å². The Labute approximate surface area is 828 Å². The normalized spacial score (nSPS) is 14.8. The van der Waals surface area contributed by atoms with Gasteiger partial charge in [0.15, 0.2) is 0 Å². The predicted molar refractivity (Wildman–Crippen MR) is 541 cm³/mol. The van der Waals surface area contributed by atoms with Gasteiger partial charge in [0.25, 0.3) is 0 Å². The first kappa shape index (κ1) is 129. The molecule has 0 aromatic heterocycles. The van der Waals surface area contributed by atoms with Gasteiger partial charge >= 0.3 is 12.1 Å². The topological polar surface area (TPSA) is 492 Å². The van der Waals surface area contributed by atoms with E-state index in [2.05, 4.69) is 79.8 Å². The highest BCUT2D eigenvalue weighted by atomic mass is 16.6. The molecule has 0 bridgehead atoms. The lowest BCUT2D eigenvalue weighted by Gasteiger charge is -2.33. The lowest BCUT2D eigenvalue weighted by atomic mass is 10.0. The number of hydrogen-bond donors (Lipinski definition) is 15. The van der Waals surface area contributed by atoms with E-state index in [4.69, 9.17) is 9.47 Å². The van der Waals surface area contributed by atoms with Crippen molar-refractivity contribution in [3.05, 3.63) is 0 Å². The average Bonchev–Trinajstić information content (AvgIpc) is 0.824. The summed E-state index contributed by atoms with van der Waals surface area (Å²) in [6, 6.07) is -18.2. The number of nitrogens with one attached hydrogen (secondary N) is 15. The molecule has 35 nitrogen and oxygen atoms in total. The van der Waals surface area contributed by atoms with E-state index in [0.717, 1.165) is 12.8 Å². The highest BCUT2D eigenvalue weighted by molar-refractivity contribution is 6.01. The minimum atomic E-state index is -1.22. The van der Waals surface area contributed by atoms with E-state index < -0.39 is 203 Å². The zero-order valence-electron chi connectivity index (χ0n) is 88.9. The minimum Gasteiger partial charge on any atom is -0.467 e. The van der Waals surface area contributed by atoms with Crippen LogP contribution in [0.1, 0.15) is 440 Å². The number of alkyl carbamates (subject to hydrolysis) is 1. The quantitative estimate of drug-likeness (QED) is 0.0252. The van der Waals surface area contributed by atoms with Crippen molar-refractivity contribution in [2.45, 2.75) is 542 Å². The Bertz CT molecular complexity index is 3570. The van der Waals surface area contributed by atoms with Gasteiger partial charge in [-0.15, -0.1) is 0 Å². The molecule has 15 N–H and O–H groups in total. The summed E-state index contributed by atoms with van der Waals surface area (Å²) < 4.78 is 10.4. The number of carbonyl (C=O) groups is 17. The van der Waals surface area contributed by atoms with Crippen molar-refractivity contribution >= 4 is 101 Å². The fourth-order valence-corrected chi connectivity index (χ4v) is 15.8. The van der Waals surface area contributed by atoms with E-state index in [1.165, 1.54) is 19.1 Å². The molecule has 0 spiro atoms. The second kappa shape index (κ2) is 76.6. The van der Waals surface area contributed by atoms with Gasteiger partial charge < -0.3 is 94.1 Å². The van der Waals surface area contributed by atoms with E-state index >= 15 is 4.79 Å². The molecule has 0 saturated carbocycles. The van der Waals surface area contributed by atoms with Crippen LogP contribution in [-0.4, -0.2) is 222 Å². The summed E-state index contributed by atoms with van der Waals surface area (Å²) in [5, 5.41) is 43.0. The first-order chi connectivity index (χ1) is 65.9. The predicted octanol–water partition coefficient (Wildman–Crippen LogP) is 12.7. The molecule has 0 saturated heterocycles. The van der Waals surface area contributed by atoms with Gasteiger partial charge in [0.2, 0.25) is 88.6 Å². The Morgan fingerprint density at radius 3 is 0.507 bits per heavy atom. The fraction of sp³-hybridized carbons (Fsp3) is 0.835. The molecule has 0 rings (SSSR count). The number of unbranched alkanes of at least 4 members (excludes halogenated alkanes) is 16. The van der Waals surface area contributed by atoms with Crippen molar-refractivity contribution in [2.24, 2.45) is 0 Å². The van der Waals surface area contributed by atoms with Crippen LogP contribution in [0.4, 0.5) is 4.79 Å². The molecule has 796 valence electrons. The molecular weight excluding hydrogens is 1770 g/mol. The van der Waals surface area contributed by atoms with Gasteiger partial charge in [-0.25, -0.2) is 9.59 Å². The number of carbonyl (C=O) groups excluding carboxylic acids is 17. The number of methoxy groups -OCH3 is 1. The Kier molecular flexibility index (Phi) is 71.5. The van der Waals surface area contributed by atoms with Gasteiger partial charge in [0.05, 0.1) is 7.11 Å². The summed E-state index contributed by atoms with van der Waals surface area (Å²) in [5.41, 5.74) is -0.834. The summed E-state index contributed by atoms with van der Waals surface area (Å²) in [4.78, 5) is 247. The SMILES string of the molecule is CCCC[C@H](NC(=O)[C@@H](CCCC)N(C)C(=O)[C@H](CCCC)NC(=O)[C@@H](CCCC)NC(=O)[C@H](CCCC)NC(=O)[C@@H](CCCC)NC(=O)[C@H](CCCC)NC(=O)[C@@H](CCCC)NC(=O)[C@H](CCCC)NC(=O)[C@@H](CCCC)NC(=O)[C@H](CCCC)NC(=O)[C@@H](CCCC)NC(=O)[C@H](CCCC)NC(=O)[C@@H](CCCC)NC(=O)OC(C)(C)C)C(=O)N[C@H](CCCC)C(=O)N[C@@H](CCCC)C(=O)OC. The van der Waals surface area contributed by atoms with Gasteiger partial charge in [0.1, 0.15) is 102 Å². The summed E-state index contributed by atoms with van der Waals surface area (Å²) in [5.74, 6) is -10.3. The molecule has 0 aromatic rings. The molecule has 0 aliphatic heterocycles. The number of ether oxygens (including phenoxy) is 2. The number of likely N-dealkylation sites (N-methyl/N-ethyl adjacent to an activating group) is 1. The van der Waals surface area contributed by atoms with Crippen molar-refractivity contribution in [3.63, 3.8) is 0 Å². The number of esters is 1. The van der Waals surface area contributed by atoms with Crippen LogP contribution in [0.5, 0.6) is 0 Å². The van der Waals surface area contributed by atoms with Crippen molar-refractivity contribution in [1.82, 2.24) is 84.7 Å². The maximum atomic E-state index is 15.0. The summed E-state index contributed by atoms with van der Waals surface area (Å²) in [7, 11) is 2.73. The van der Waals surface area contributed by atoms with Crippen LogP contribution < -0.4 is 79.8 Å². The monoisotopic (exact) mass is 1960 g/mol. The van der Waals surface area contributed by atoms with Crippen LogP contribution in [0.25, 0.3) is 0 Å². The molecule has 0 fully saturated rings. The third-order valence-electron chi connectivity index (χ3n) is 24.7. The molecule has 16 amide bonds. The minimum absolute atomic E-state index is 0.132. The number of nitrogens with zero attached hydrogens (tertiary/aromatic N) is 1. The number of amides is 16. The molecule has 0 heterocycles. The first-order valence-corrected chi connectivity index (χ1v) is 53.5.